The third kappa shape index (κ3) is 2.81. The van der Waals surface area contributed by atoms with Gasteiger partial charge in [-0.05, 0) is 17.5 Å². The topological polar surface area (TPSA) is 107 Å². The van der Waals surface area contributed by atoms with Gasteiger partial charge in [0.1, 0.15) is 11.5 Å². The van der Waals surface area contributed by atoms with Gasteiger partial charge in [0.15, 0.2) is 0 Å². The normalized spacial score (nSPS) is 17.1. The maximum atomic E-state index is 14.3. The van der Waals surface area contributed by atoms with Crippen molar-refractivity contribution in [3.8, 4) is 11.3 Å². The van der Waals surface area contributed by atoms with Gasteiger partial charge in [-0.15, -0.1) is 0 Å². The summed E-state index contributed by atoms with van der Waals surface area (Å²) in [7, 11) is 0. The molecule has 2 heterocycles. The molecule has 1 aromatic carbocycles. The molecule has 1 aliphatic heterocycles. The van der Waals surface area contributed by atoms with Crippen LogP contribution in [0.3, 0.4) is 0 Å². The van der Waals surface area contributed by atoms with Crippen molar-refractivity contribution in [3.05, 3.63) is 41.3 Å². The van der Waals surface area contributed by atoms with Gasteiger partial charge in [-0.25, -0.2) is 9.18 Å². The minimum absolute atomic E-state index is 0.126. The van der Waals surface area contributed by atoms with Gasteiger partial charge in [0.25, 0.3) is 5.91 Å². The van der Waals surface area contributed by atoms with Crippen molar-refractivity contribution in [2.24, 2.45) is 16.9 Å². The van der Waals surface area contributed by atoms with E-state index < -0.39 is 29.2 Å². The van der Waals surface area contributed by atoms with Crippen LogP contribution in [-0.4, -0.2) is 33.2 Å². The van der Waals surface area contributed by atoms with Crippen molar-refractivity contribution in [1.82, 2.24) is 14.7 Å². The molecule has 0 radical (unpaired) electrons. The predicted molar refractivity (Wildman–Crippen MR) is 94.6 cm³/mol. The Balaban J connectivity index is 2.31. The highest BCUT2D eigenvalue weighted by atomic mass is 19.1. The summed E-state index contributed by atoms with van der Waals surface area (Å²) in [5.41, 5.74) is 11.8. The number of hydrogen-bond acceptors (Lipinski definition) is 3. The zero-order valence-electron chi connectivity index (χ0n) is 15.0. The van der Waals surface area contributed by atoms with Crippen molar-refractivity contribution in [2.75, 3.05) is 6.54 Å². The summed E-state index contributed by atoms with van der Waals surface area (Å²) in [4.78, 5) is 25.8. The number of primary amides is 2. The second-order valence-corrected chi connectivity index (χ2v) is 7.48. The maximum absolute atomic E-state index is 14.3. The van der Waals surface area contributed by atoms with Crippen LogP contribution >= 0.6 is 0 Å². The summed E-state index contributed by atoms with van der Waals surface area (Å²) in [6.45, 7) is 6.50. The fourth-order valence-corrected chi connectivity index (χ4v) is 3.60. The molecule has 1 atom stereocenters. The summed E-state index contributed by atoms with van der Waals surface area (Å²) >= 11 is 0. The molecule has 3 rings (SSSR count). The molecule has 26 heavy (non-hydrogen) atoms. The monoisotopic (exact) mass is 359 g/mol. The van der Waals surface area contributed by atoms with Crippen LogP contribution in [0.5, 0.6) is 0 Å². The molecule has 0 bridgehead atoms. The molecule has 2 aromatic rings. The van der Waals surface area contributed by atoms with Crippen LogP contribution in [0.1, 0.15) is 42.9 Å². The molecule has 4 N–H and O–H groups in total. The molecular weight excluding hydrogens is 337 g/mol. The third-order valence-electron chi connectivity index (χ3n) is 4.59. The van der Waals surface area contributed by atoms with E-state index in [4.69, 9.17) is 11.5 Å². The third-order valence-corrected chi connectivity index (χ3v) is 4.59. The minimum Gasteiger partial charge on any atom is -0.365 e. The Morgan fingerprint density at radius 3 is 2.38 bits per heavy atom. The lowest BCUT2D eigenvalue weighted by atomic mass is 9.81. The molecule has 0 fully saturated rings. The van der Waals surface area contributed by atoms with Gasteiger partial charge in [-0.3, -0.25) is 9.48 Å². The number of amides is 3. The number of hydrogen-bond donors (Lipinski definition) is 2. The van der Waals surface area contributed by atoms with Gasteiger partial charge in [0.05, 0.1) is 23.8 Å². The van der Waals surface area contributed by atoms with Crippen LogP contribution < -0.4 is 11.5 Å². The van der Waals surface area contributed by atoms with E-state index in [2.05, 4.69) is 5.10 Å². The SMILES string of the molecule is CC(C)(C)C1c2c(C(N)=O)c(-c3ccccc3F)nn2CCN1C(N)=O. The predicted octanol–water partition coefficient (Wildman–Crippen LogP) is 2.27. The van der Waals surface area contributed by atoms with Gasteiger partial charge in [0.2, 0.25) is 0 Å². The number of halogens is 1. The van der Waals surface area contributed by atoms with Crippen molar-refractivity contribution in [2.45, 2.75) is 33.4 Å². The van der Waals surface area contributed by atoms with Crippen LogP contribution in [0, 0.1) is 11.2 Å². The van der Waals surface area contributed by atoms with Crippen LogP contribution in [0.2, 0.25) is 0 Å². The van der Waals surface area contributed by atoms with Crippen LogP contribution in [0.15, 0.2) is 24.3 Å². The average Bonchev–Trinajstić information content (AvgIpc) is 2.92. The molecule has 0 saturated heterocycles. The van der Waals surface area contributed by atoms with E-state index in [9.17, 15) is 14.0 Å². The summed E-state index contributed by atoms with van der Waals surface area (Å²) in [6.07, 6.45) is 0. The van der Waals surface area contributed by atoms with Crippen molar-refractivity contribution < 1.29 is 14.0 Å². The zero-order chi connectivity index (χ0) is 19.2. The highest BCUT2D eigenvalue weighted by Gasteiger charge is 2.43. The number of urea groups is 1. The van der Waals surface area contributed by atoms with E-state index in [0.29, 0.717) is 18.8 Å². The largest absolute Gasteiger partial charge is 0.365 e. The number of rotatable bonds is 2. The number of nitrogens with two attached hydrogens (primary N) is 2. The van der Waals surface area contributed by atoms with E-state index in [-0.39, 0.29) is 16.8 Å². The number of benzene rings is 1. The first-order chi connectivity index (χ1) is 12.1. The van der Waals surface area contributed by atoms with Crippen molar-refractivity contribution in [1.29, 1.82) is 0 Å². The molecular formula is C18H22FN5O2. The van der Waals surface area contributed by atoms with Gasteiger partial charge >= 0.3 is 6.03 Å². The smallest absolute Gasteiger partial charge is 0.315 e. The first-order valence-electron chi connectivity index (χ1n) is 8.34. The summed E-state index contributed by atoms with van der Waals surface area (Å²) in [5.74, 6) is -1.21. The number of fused-ring (bicyclic) bond motifs is 1. The molecule has 3 amide bonds. The summed E-state index contributed by atoms with van der Waals surface area (Å²) in [5, 5.41) is 4.46. The van der Waals surface area contributed by atoms with E-state index in [1.807, 2.05) is 20.8 Å². The molecule has 1 aliphatic rings. The molecule has 0 spiro atoms. The zero-order valence-corrected chi connectivity index (χ0v) is 15.0. The Morgan fingerprint density at radius 1 is 1.19 bits per heavy atom. The number of nitrogens with zero attached hydrogens (tertiary/aromatic N) is 3. The Kier molecular flexibility index (Phi) is 4.21. The fourth-order valence-electron chi connectivity index (χ4n) is 3.60. The second-order valence-electron chi connectivity index (χ2n) is 7.48. The van der Waals surface area contributed by atoms with Crippen LogP contribution in [-0.2, 0) is 6.54 Å². The van der Waals surface area contributed by atoms with Gasteiger partial charge in [-0.2, -0.15) is 5.10 Å². The highest BCUT2D eigenvalue weighted by Crippen LogP contribution is 2.43. The van der Waals surface area contributed by atoms with Crippen LogP contribution in [0.4, 0.5) is 9.18 Å². The molecule has 8 heteroatoms. The van der Waals surface area contributed by atoms with E-state index in [0.717, 1.165) is 0 Å². The Hall–Kier alpha value is -2.90. The second kappa shape index (κ2) is 6.12. The van der Waals surface area contributed by atoms with Gasteiger partial charge in [-0.1, -0.05) is 32.9 Å². The lowest BCUT2D eigenvalue weighted by molar-refractivity contribution is 0.0899. The summed E-state index contributed by atoms with van der Waals surface area (Å²) < 4.78 is 16.0. The van der Waals surface area contributed by atoms with Crippen LogP contribution in [0.25, 0.3) is 11.3 Å². The van der Waals surface area contributed by atoms with E-state index in [1.165, 1.54) is 11.0 Å². The number of aromatic nitrogens is 2. The molecule has 0 saturated carbocycles. The summed E-state index contributed by atoms with van der Waals surface area (Å²) in [6, 6.07) is 4.98. The molecule has 7 nitrogen and oxygen atoms in total. The quantitative estimate of drug-likeness (QED) is 0.859. The van der Waals surface area contributed by atoms with Crippen molar-refractivity contribution in [3.63, 3.8) is 0 Å². The first kappa shape index (κ1) is 17.9. The lowest BCUT2D eigenvalue weighted by Crippen LogP contribution is -2.49. The number of carbonyl (C=O) groups is 2. The molecule has 138 valence electrons. The Morgan fingerprint density at radius 2 is 1.85 bits per heavy atom. The molecule has 0 aliphatic carbocycles. The number of carbonyl (C=O) groups excluding carboxylic acids is 2. The Bertz CT molecular complexity index is 884. The Labute approximate surface area is 150 Å². The van der Waals surface area contributed by atoms with E-state index in [1.54, 1.807) is 22.9 Å². The minimum atomic E-state index is -0.718. The van der Waals surface area contributed by atoms with E-state index >= 15 is 0 Å². The fraction of sp³-hybridized carbons (Fsp3) is 0.389. The molecule has 1 aromatic heterocycles. The standard InChI is InChI=1S/C18H22FN5O2/c1-18(2,3)15-14-12(16(20)25)13(10-6-4-5-7-11(10)19)22-24(14)9-8-23(15)17(21)26/h4-7,15H,8-9H2,1-3H3,(H2,20,25)(H2,21,26). The molecule has 1 unspecified atom stereocenters. The maximum Gasteiger partial charge on any atom is 0.315 e. The first-order valence-corrected chi connectivity index (χ1v) is 8.34. The highest BCUT2D eigenvalue weighted by molar-refractivity contribution is 6.00. The van der Waals surface area contributed by atoms with Gasteiger partial charge < -0.3 is 16.4 Å². The van der Waals surface area contributed by atoms with Crippen molar-refractivity contribution >= 4 is 11.9 Å². The van der Waals surface area contributed by atoms with Gasteiger partial charge in [0, 0.05) is 12.1 Å². The average molecular weight is 359 g/mol. The lowest BCUT2D eigenvalue weighted by Gasteiger charge is -2.42.